The van der Waals surface area contributed by atoms with E-state index >= 15 is 0 Å². The normalized spacial score (nSPS) is 15.8. The molecule has 0 spiro atoms. The number of nitriles is 1. The molecule has 1 aliphatic rings. The van der Waals surface area contributed by atoms with Crippen LogP contribution in [0.5, 0.6) is 11.5 Å². The third-order valence-corrected chi connectivity index (χ3v) is 4.76. The smallest absolute Gasteiger partial charge is 0.258 e. The molecule has 0 bridgehead atoms. The van der Waals surface area contributed by atoms with Crippen molar-refractivity contribution in [3.05, 3.63) is 69.0 Å². The van der Waals surface area contributed by atoms with Crippen LogP contribution in [-0.4, -0.2) is 11.2 Å². The molecule has 0 radical (unpaired) electrons. The molecule has 0 fully saturated rings. The zero-order valence-corrected chi connectivity index (χ0v) is 16.7. The van der Waals surface area contributed by atoms with Crippen molar-refractivity contribution < 1.29 is 9.47 Å². The van der Waals surface area contributed by atoms with Crippen molar-refractivity contribution in [2.24, 2.45) is 11.7 Å². The Labute approximate surface area is 164 Å². The van der Waals surface area contributed by atoms with E-state index in [0.717, 1.165) is 17.0 Å². The fraction of sp³-hybridized carbons (Fsp3) is 0.364. The second kappa shape index (κ2) is 7.81. The van der Waals surface area contributed by atoms with Gasteiger partial charge in [0.25, 0.3) is 5.56 Å². The van der Waals surface area contributed by atoms with E-state index < -0.39 is 5.92 Å². The van der Waals surface area contributed by atoms with E-state index in [1.165, 1.54) is 0 Å². The summed E-state index contributed by atoms with van der Waals surface area (Å²) in [6, 6.07) is 11.3. The number of pyridine rings is 1. The molecule has 1 aliphatic heterocycles. The Balaban J connectivity index is 2.21. The molecule has 1 aromatic carbocycles. The summed E-state index contributed by atoms with van der Waals surface area (Å²) in [4.78, 5) is 13.4. The average Bonchev–Trinajstić information content (AvgIpc) is 2.65. The maximum Gasteiger partial charge on any atom is 0.258 e. The molecule has 3 rings (SSSR count). The molecule has 2 heterocycles. The molecule has 146 valence electrons. The molecular weight excluding hydrogens is 354 g/mol. The van der Waals surface area contributed by atoms with Gasteiger partial charge in [0.05, 0.1) is 18.1 Å². The van der Waals surface area contributed by atoms with Gasteiger partial charge in [-0.15, -0.1) is 0 Å². The number of benzene rings is 1. The fourth-order valence-electron chi connectivity index (χ4n) is 3.53. The van der Waals surface area contributed by atoms with Crippen LogP contribution in [-0.2, 0) is 6.54 Å². The molecule has 2 N–H and O–H groups in total. The molecule has 1 aromatic heterocycles. The zero-order valence-electron chi connectivity index (χ0n) is 16.7. The third-order valence-electron chi connectivity index (χ3n) is 4.76. The highest BCUT2D eigenvalue weighted by Crippen LogP contribution is 2.40. The molecule has 0 unspecified atom stereocenters. The predicted octanol–water partition coefficient (Wildman–Crippen LogP) is 3.43. The topological polar surface area (TPSA) is 90.3 Å². The van der Waals surface area contributed by atoms with Gasteiger partial charge in [-0.1, -0.05) is 26.0 Å². The number of hydrogen-bond acceptors (Lipinski definition) is 5. The maximum atomic E-state index is 13.4. The number of nitrogens with zero attached hydrogens (tertiary/aromatic N) is 2. The summed E-state index contributed by atoms with van der Waals surface area (Å²) in [6.45, 7) is 9.07. The van der Waals surface area contributed by atoms with Gasteiger partial charge >= 0.3 is 0 Å². The quantitative estimate of drug-likeness (QED) is 0.859. The Bertz CT molecular complexity index is 1010. The molecule has 1 atom stereocenters. The molecule has 0 saturated carbocycles. The van der Waals surface area contributed by atoms with Gasteiger partial charge < -0.3 is 19.8 Å². The van der Waals surface area contributed by atoms with Gasteiger partial charge in [0.1, 0.15) is 23.1 Å². The Kier molecular flexibility index (Phi) is 5.46. The number of allylic oxidation sites excluding steroid dienone is 1. The van der Waals surface area contributed by atoms with Crippen LogP contribution in [0.15, 0.2) is 46.6 Å². The highest BCUT2D eigenvalue weighted by molar-refractivity contribution is 5.55. The van der Waals surface area contributed by atoms with Crippen molar-refractivity contribution in [3.63, 3.8) is 0 Å². The van der Waals surface area contributed by atoms with E-state index in [0.29, 0.717) is 30.4 Å². The van der Waals surface area contributed by atoms with Gasteiger partial charge in [0, 0.05) is 18.3 Å². The van der Waals surface area contributed by atoms with Crippen molar-refractivity contribution in [1.29, 1.82) is 5.26 Å². The minimum atomic E-state index is -0.573. The summed E-state index contributed by atoms with van der Waals surface area (Å²) in [6.07, 6.45) is 0. The second-order valence-corrected chi connectivity index (χ2v) is 7.30. The SMILES string of the molecule is CCOc1ccc([C@H]2C(C#N)=C(N)Oc3cc(C)n(CC(C)C)c(=O)c32)cc1. The number of aromatic nitrogens is 1. The Morgan fingerprint density at radius 2 is 2.00 bits per heavy atom. The summed E-state index contributed by atoms with van der Waals surface area (Å²) in [5.41, 5.74) is 8.17. The van der Waals surface area contributed by atoms with E-state index in [1.807, 2.05) is 44.2 Å². The monoisotopic (exact) mass is 379 g/mol. The first-order chi connectivity index (χ1) is 13.4. The summed E-state index contributed by atoms with van der Waals surface area (Å²) in [7, 11) is 0. The van der Waals surface area contributed by atoms with Crippen LogP contribution in [0.3, 0.4) is 0 Å². The van der Waals surface area contributed by atoms with Crippen molar-refractivity contribution >= 4 is 0 Å². The van der Waals surface area contributed by atoms with Crippen LogP contribution in [0.4, 0.5) is 0 Å². The van der Waals surface area contributed by atoms with Crippen molar-refractivity contribution in [3.8, 4) is 17.6 Å². The van der Waals surface area contributed by atoms with Crippen LogP contribution < -0.4 is 20.8 Å². The first kappa shape index (κ1) is 19.6. The van der Waals surface area contributed by atoms with E-state index in [4.69, 9.17) is 15.2 Å². The van der Waals surface area contributed by atoms with Crippen molar-refractivity contribution in [2.45, 2.75) is 40.2 Å². The van der Waals surface area contributed by atoms with Crippen LogP contribution >= 0.6 is 0 Å². The predicted molar refractivity (Wildman–Crippen MR) is 107 cm³/mol. The fourth-order valence-corrected chi connectivity index (χ4v) is 3.53. The largest absolute Gasteiger partial charge is 0.494 e. The Hall–Kier alpha value is -3.20. The maximum absolute atomic E-state index is 13.4. The van der Waals surface area contributed by atoms with E-state index in [9.17, 15) is 10.1 Å². The van der Waals surface area contributed by atoms with Crippen molar-refractivity contribution in [1.82, 2.24) is 4.57 Å². The van der Waals surface area contributed by atoms with E-state index in [2.05, 4.69) is 19.9 Å². The third kappa shape index (κ3) is 3.48. The first-order valence-corrected chi connectivity index (χ1v) is 9.42. The summed E-state index contributed by atoms with van der Waals surface area (Å²) >= 11 is 0. The summed E-state index contributed by atoms with van der Waals surface area (Å²) in [5.74, 6) is 0.914. The minimum Gasteiger partial charge on any atom is -0.494 e. The van der Waals surface area contributed by atoms with Crippen LogP contribution in [0.25, 0.3) is 0 Å². The standard InChI is InChI=1S/C22H25N3O3/c1-5-27-16-8-6-15(7-9-16)19-17(11-23)21(24)28-18-10-14(4)25(12-13(2)3)22(26)20(18)19/h6-10,13,19H,5,12,24H2,1-4H3/t19-/m0/s1. The minimum absolute atomic E-state index is 0.0364. The van der Waals surface area contributed by atoms with Crippen LogP contribution in [0.1, 0.15) is 43.5 Å². The Morgan fingerprint density at radius 3 is 2.57 bits per heavy atom. The lowest BCUT2D eigenvalue weighted by Crippen LogP contribution is -2.33. The number of fused-ring (bicyclic) bond motifs is 1. The second-order valence-electron chi connectivity index (χ2n) is 7.30. The van der Waals surface area contributed by atoms with Crippen LogP contribution in [0, 0.1) is 24.2 Å². The summed E-state index contributed by atoms with van der Waals surface area (Å²) < 4.78 is 12.9. The lowest BCUT2D eigenvalue weighted by molar-refractivity contribution is 0.340. The van der Waals surface area contributed by atoms with Gasteiger partial charge in [-0.25, -0.2) is 0 Å². The number of aryl methyl sites for hydroxylation is 1. The molecule has 0 saturated heterocycles. The molecule has 28 heavy (non-hydrogen) atoms. The van der Waals surface area contributed by atoms with Gasteiger partial charge in [-0.3, -0.25) is 4.79 Å². The van der Waals surface area contributed by atoms with Gasteiger partial charge in [-0.05, 0) is 37.5 Å². The lowest BCUT2D eigenvalue weighted by atomic mass is 9.84. The first-order valence-electron chi connectivity index (χ1n) is 9.42. The number of ether oxygens (including phenoxy) is 2. The number of nitrogens with two attached hydrogens (primary N) is 1. The van der Waals surface area contributed by atoms with Gasteiger partial charge in [0.15, 0.2) is 0 Å². The number of rotatable bonds is 5. The molecule has 6 nitrogen and oxygen atoms in total. The average molecular weight is 379 g/mol. The molecule has 6 heteroatoms. The Morgan fingerprint density at radius 1 is 1.32 bits per heavy atom. The van der Waals surface area contributed by atoms with Gasteiger partial charge in [-0.2, -0.15) is 5.26 Å². The molecule has 2 aromatic rings. The highest BCUT2D eigenvalue weighted by atomic mass is 16.5. The molecule has 0 amide bonds. The van der Waals surface area contributed by atoms with Crippen LogP contribution in [0.2, 0.25) is 0 Å². The van der Waals surface area contributed by atoms with E-state index in [-0.39, 0.29) is 17.0 Å². The number of hydrogen-bond donors (Lipinski definition) is 1. The molecular formula is C22H25N3O3. The van der Waals surface area contributed by atoms with E-state index in [1.54, 1.807) is 4.57 Å². The van der Waals surface area contributed by atoms with Crippen molar-refractivity contribution in [2.75, 3.05) is 6.61 Å². The lowest BCUT2D eigenvalue weighted by Gasteiger charge is -2.27. The zero-order chi connectivity index (χ0) is 20.4. The highest BCUT2D eigenvalue weighted by Gasteiger charge is 2.34. The summed E-state index contributed by atoms with van der Waals surface area (Å²) in [5, 5.41) is 9.72. The van der Waals surface area contributed by atoms with Gasteiger partial charge in [0.2, 0.25) is 5.88 Å². The molecule has 0 aliphatic carbocycles.